The molecule has 1 fully saturated rings. The molecule has 1 aromatic carbocycles. The van der Waals surface area contributed by atoms with Gasteiger partial charge in [0.05, 0.1) is 28.9 Å². The molecule has 3 rings (SSSR count). The van der Waals surface area contributed by atoms with Crippen LogP contribution in [0.2, 0.25) is 0 Å². The molecule has 27 heavy (non-hydrogen) atoms. The molecular formula is C19H23N3O3S2. The van der Waals surface area contributed by atoms with Gasteiger partial charge in [0.1, 0.15) is 0 Å². The van der Waals surface area contributed by atoms with E-state index in [2.05, 4.69) is 30.0 Å². The summed E-state index contributed by atoms with van der Waals surface area (Å²) in [6.45, 7) is 3.08. The van der Waals surface area contributed by atoms with Gasteiger partial charge in [-0.1, -0.05) is 30.2 Å². The molecule has 2 heterocycles. The van der Waals surface area contributed by atoms with Crippen LogP contribution in [0, 0.1) is 18.3 Å². The number of hydrogen-bond acceptors (Lipinski definition) is 4. The number of hydrogen-bond donors (Lipinski definition) is 0. The topological polar surface area (TPSA) is 71.7 Å². The van der Waals surface area contributed by atoms with Gasteiger partial charge < -0.3 is 4.57 Å². The highest BCUT2D eigenvalue weighted by molar-refractivity contribution is 7.88. The van der Waals surface area contributed by atoms with Crippen LogP contribution in [0.15, 0.2) is 23.2 Å². The number of fused-ring (bicyclic) bond motifs is 1. The lowest BCUT2D eigenvalue weighted by Crippen LogP contribution is -2.41. The van der Waals surface area contributed by atoms with Crippen molar-refractivity contribution in [3.05, 3.63) is 28.6 Å². The van der Waals surface area contributed by atoms with Gasteiger partial charge in [0.25, 0.3) is 5.91 Å². The number of aromatic nitrogens is 1. The second kappa shape index (κ2) is 7.97. The molecule has 1 unspecified atom stereocenters. The Hall–Kier alpha value is -1.95. The van der Waals surface area contributed by atoms with Crippen molar-refractivity contribution in [2.75, 3.05) is 19.3 Å². The van der Waals surface area contributed by atoms with Crippen LogP contribution in [0.25, 0.3) is 10.2 Å². The van der Waals surface area contributed by atoms with Gasteiger partial charge in [-0.15, -0.1) is 6.42 Å². The zero-order valence-corrected chi connectivity index (χ0v) is 17.1. The molecule has 1 aliphatic heterocycles. The Labute approximate surface area is 163 Å². The van der Waals surface area contributed by atoms with Crippen LogP contribution in [-0.4, -0.2) is 42.5 Å². The number of nitrogens with zero attached hydrogens (tertiary/aromatic N) is 3. The molecule has 2 aromatic rings. The highest BCUT2D eigenvalue weighted by Crippen LogP contribution is 2.22. The number of piperidine rings is 1. The standard InChI is InChI=1S/C19H23N3O3S2/c1-4-10-22-16-9-8-14(5-2)12-17(16)26-19(22)20-18(23)15-7-6-11-21(13-15)27(3,24)25/h1,8-9,12,15H,5-7,10-11,13H2,2-3H3. The third-order valence-corrected chi connectivity index (χ3v) is 7.12. The van der Waals surface area contributed by atoms with Gasteiger partial charge in [0.15, 0.2) is 4.80 Å². The number of aryl methyl sites for hydroxylation is 1. The van der Waals surface area contributed by atoms with Gasteiger partial charge in [0, 0.05) is 13.1 Å². The van der Waals surface area contributed by atoms with Crippen molar-refractivity contribution in [3.63, 3.8) is 0 Å². The lowest BCUT2D eigenvalue weighted by Gasteiger charge is -2.28. The maximum absolute atomic E-state index is 12.7. The summed E-state index contributed by atoms with van der Waals surface area (Å²) in [7, 11) is -3.30. The smallest absolute Gasteiger partial charge is 0.252 e. The molecule has 0 radical (unpaired) electrons. The lowest BCUT2D eigenvalue weighted by molar-refractivity contribution is -0.122. The molecule has 8 heteroatoms. The molecule has 1 saturated heterocycles. The Morgan fingerprint density at radius 1 is 1.44 bits per heavy atom. The Morgan fingerprint density at radius 2 is 2.22 bits per heavy atom. The van der Waals surface area contributed by atoms with Crippen LogP contribution >= 0.6 is 11.3 Å². The molecule has 1 atom stereocenters. The highest BCUT2D eigenvalue weighted by Gasteiger charge is 2.30. The Bertz CT molecular complexity index is 1070. The van der Waals surface area contributed by atoms with Gasteiger partial charge in [-0.2, -0.15) is 4.99 Å². The number of carbonyl (C=O) groups is 1. The maximum atomic E-state index is 12.7. The van der Waals surface area contributed by atoms with Gasteiger partial charge in [-0.3, -0.25) is 4.79 Å². The first-order valence-electron chi connectivity index (χ1n) is 8.93. The second-order valence-corrected chi connectivity index (χ2v) is 9.73. The van der Waals surface area contributed by atoms with E-state index in [4.69, 9.17) is 6.42 Å². The van der Waals surface area contributed by atoms with Crippen LogP contribution in [0.1, 0.15) is 25.3 Å². The number of amides is 1. The fourth-order valence-electron chi connectivity index (χ4n) is 3.30. The first-order chi connectivity index (χ1) is 12.8. The second-order valence-electron chi connectivity index (χ2n) is 6.74. The summed E-state index contributed by atoms with van der Waals surface area (Å²) in [4.78, 5) is 17.7. The number of benzene rings is 1. The predicted octanol–water partition coefficient (Wildman–Crippen LogP) is 2.00. The predicted molar refractivity (Wildman–Crippen MR) is 108 cm³/mol. The van der Waals surface area contributed by atoms with E-state index in [0.717, 1.165) is 16.6 Å². The maximum Gasteiger partial charge on any atom is 0.252 e. The first kappa shape index (κ1) is 19.8. The van der Waals surface area contributed by atoms with Crippen molar-refractivity contribution in [2.45, 2.75) is 32.7 Å². The molecule has 0 N–H and O–H groups in total. The molecule has 1 aromatic heterocycles. The third-order valence-electron chi connectivity index (χ3n) is 4.81. The van der Waals surface area contributed by atoms with Crippen molar-refractivity contribution in [3.8, 4) is 12.3 Å². The fourth-order valence-corrected chi connectivity index (χ4v) is 5.31. The summed E-state index contributed by atoms with van der Waals surface area (Å²) >= 11 is 1.44. The van der Waals surface area contributed by atoms with Crippen molar-refractivity contribution >= 4 is 37.5 Å². The van der Waals surface area contributed by atoms with Gasteiger partial charge in [-0.05, 0) is 37.0 Å². The molecule has 0 bridgehead atoms. The van der Waals surface area contributed by atoms with Crippen molar-refractivity contribution < 1.29 is 13.2 Å². The molecule has 1 amide bonds. The van der Waals surface area contributed by atoms with E-state index in [-0.39, 0.29) is 12.5 Å². The van der Waals surface area contributed by atoms with Gasteiger partial charge in [0.2, 0.25) is 10.0 Å². The van der Waals surface area contributed by atoms with E-state index in [1.54, 1.807) is 0 Å². The van der Waals surface area contributed by atoms with Crippen LogP contribution < -0.4 is 4.80 Å². The summed E-state index contributed by atoms with van der Waals surface area (Å²) in [5.41, 5.74) is 2.17. The highest BCUT2D eigenvalue weighted by atomic mass is 32.2. The molecule has 6 nitrogen and oxygen atoms in total. The number of terminal acetylenes is 1. The number of rotatable bonds is 4. The SMILES string of the molecule is C#CCn1c(=NC(=O)C2CCCN(S(C)(=O)=O)C2)sc2cc(CC)ccc21. The fraction of sp³-hybridized carbons (Fsp3) is 0.474. The molecule has 0 saturated carbocycles. The number of thiazole rings is 1. The Kier molecular flexibility index (Phi) is 5.84. The van der Waals surface area contributed by atoms with Crippen molar-refractivity contribution in [1.29, 1.82) is 0 Å². The van der Waals surface area contributed by atoms with Crippen molar-refractivity contribution in [2.24, 2.45) is 10.9 Å². The summed E-state index contributed by atoms with van der Waals surface area (Å²) in [6, 6.07) is 6.17. The van der Waals surface area contributed by atoms with E-state index in [1.807, 2.05) is 10.6 Å². The van der Waals surface area contributed by atoms with Crippen LogP contribution in [0.3, 0.4) is 0 Å². The monoisotopic (exact) mass is 405 g/mol. The van der Waals surface area contributed by atoms with Gasteiger partial charge in [-0.25, -0.2) is 12.7 Å². The quantitative estimate of drug-likeness (QED) is 0.731. The van der Waals surface area contributed by atoms with E-state index in [1.165, 1.54) is 27.5 Å². The minimum atomic E-state index is -3.30. The van der Waals surface area contributed by atoms with Crippen LogP contribution in [0.4, 0.5) is 0 Å². The van der Waals surface area contributed by atoms with Crippen LogP contribution in [0.5, 0.6) is 0 Å². The normalized spacial score (nSPS) is 19.3. The minimum Gasteiger partial charge on any atom is -0.305 e. The molecule has 1 aliphatic rings. The third kappa shape index (κ3) is 4.32. The Morgan fingerprint density at radius 3 is 2.89 bits per heavy atom. The summed E-state index contributed by atoms with van der Waals surface area (Å²) in [5, 5.41) is 0. The lowest BCUT2D eigenvalue weighted by atomic mass is 9.99. The zero-order valence-electron chi connectivity index (χ0n) is 15.5. The van der Waals surface area contributed by atoms with E-state index in [0.29, 0.717) is 30.7 Å². The summed E-state index contributed by atoms with van der Waals surface area (Å²) in [6.07, 6.45) is 8.92. The number of sulfonamides is 1. The summed E-state index contributed by atoms with van der Waals surface area (Å²) < 4.78 is 27.9. The Balaban J connectivity index is 1.98. The van der Waals surface area contributed by atoms with E-state index >= 15 is 0 Å². The van der Waals surface area contributed by atoms with Crippen LogP contribution in [-0.2, 0) is 27.8 Å². The average Bonchev–Trinajstić information content (AvgIpc) is 2.97. The van der Waals surface area contributed by atoms with E-state index in [9.17, 15) is 13.2 Å². The number of carbonyl (C=O) groups excluding carboxylic acids is 1. The van der Waals surface area contributed by atoms with Crippen molar-refractivity contribution in [1.82, 2.24) is 8.87 Å². The van der Waals surface area contributed by atoms with E-state index < -0.39 is 15.9 Å². The molecule has 0 aliphatic carbocycles. The largest absolute Gasteiger partial charge is 0.305 e. The zero-order chi connectivity index (χ0) is 19.6. The molecule has 144 valence electrons. The molecule has 0 spiro atoms. The molecular weight excluding hydrogens is 382 g/mol. The summed E-state index contributed by atoms with van der Waals surface area (Å²) in [5.74, 6) is 1.93. The first-order valence-corrected chi connectivity index (χ1v) is 11.6. The minimum absolute atomic E-state index is 0.196. The van der Waals surface area contributed by atoms with Gasteiger partial charge >= 0.3 is 0 Å². The average molecular weight is 406 g/mol.